The second-order valence-corrected chi connectivity index (χ2v) is 6.28. The van der Waals surface area contributed by atoms with Crippen molar-refractivity contribution in [2.45, 2.75) is 66.1 Å². The molecule has 1 N–H and O–H groups in total. The van der Waals surface area contributed by atoms with E-state index < -0.39 is 0 Å². The Morgan fingerprint density at radius 1 is 1.21 bits per heavy atom. The molecule has 0 spiro atoms. The first-order valence-corrected chi connectivity index (χ1v) is 7.16. The number of anilines is 1. The molecule has 19 heavy (non-hydrogen) atoms. The zero-order valence-electron chi connectivity index (χ0n) is 13.2. The number of aromatic nitrogens is 2. The Bertz CT molecular complexity index is 365. The standard InChI is InChI=1S/C15H28N4/c1-7-8-19(12(2)3)14-16-9-13(10-17-14)11-18-15(4,5)6/h9-10,12,18H,7-8,11H2,1-6H3. The van der Waals surface area contributed by atoms with Crippen LogP contribution in [0.15, 0.2) is 12.4 Å². The van der Waals surface area contributed by atoms with E-state index in [1.807, 2.05) is 12.4 Å². The van der Waals surface area contributed by atoms with E-state index in [1.54, 1.807) is 0 Å². The van der Waals surface area contributed by atoms with Gasteiger partial charge in [0.1, 0.15) is 0 Å². The highest BCUT2D eigenvalue weighted by molar-refractivity contribution is 5.31. The van der Waals surface area contributed by atoms with Gasteiger partial charge in [0.25, 0.3) is 0 Å². The van der Waals surface area contributed by atoms with E-state index in [-0.39, 0.29) is 5.54 Å². The van der Waals surface area contributed by atoms with E-state index in [0.29, 0.717) is 6.04 Å². The molecule has 0 unspecified atom stereocenters. The molecule has 0 aromatic carbocycles. The van der Waals surface area contributed by atoms with Crippen molar-refractivity contribution < 1.29 is 0 Å². The fourth-order valence-electron chi connectivity index (χ4n) is 1.78. The van der Waals surface area contributed by atoms with Crippen LogP contribution >= 0.6 is 0 Å². The second kappa shape index (κ2) is 6.85. The van der Waals surface area contributed by atoms with Crippen LogP contribution in [-0.2, 0) is 6.54 Å². The quantitative estimate of drug-likeness (QED) is 0.857. The molecule has 0 bridgehead atoms. The Hall–Kier alpha value is -1.16. The summed E-state index contributed by atoms with van der Waals surface area (Å²) < 4.78 is 0. The van der Waals surface area contributed by atoms with Gasteiger partial charge in [0.15, 0.2) is 0 Å². The Morgan fingerprint density at radius 3 is 2.21 bits per heavy atom. The van der Waals surface area contributed by atoms with Crippen molar-refractivity contribution in [3.63, 3.8) is 0 Å². The van der Waals surface area contributed by atoms with Gasteiger partial charge >= 0.3 is 0 Å². The molecule has 0 amide bonds. The summed E-state index contributed by atoms with van der Waals surface area (Å²) in [6.45, 7) is 14.8. The van der Waals surface area contributed by atoms with Crippen LogP contribution < -0.4 is 10.2 Å². The molecule has 1 heterocycles. The fraction of sp³-hybridized carbons (Fsp3) is 0.733. The summed E-state index contributed by atoms with van der Waals surface area (Å²) in [5.41, 5.74) is 1.24. The lowest BCUT2D eigenvalue weighted by atomic mass is 10.1. The summed E-state index contributed by atoms with van der Waals surface area (Å²) in [4.78, 5) is 11.2. The Labute approximate surface area is 117 Å². The first-order valence-electron chi connectivity index (χ1n) is 7.16. The molecule has 4 heteroatoms. The largest absolute Gasteiger partial charge is 0.338 e. The van der Waals surface area contributed by atoms with Crippen molar-refractivity contribution in [3.05, 3.63) is 18.0 Å². The summed E-state index contributed by atoms with van der Waals surface area (Å²) in [7, 11) is 0. The van der Waals surface area contributed by atoms with Crippen LogP contribution in [0, 0.1) is 0 Å². The van der Waals surface area contributed by atoms with Crippen LogP contribution in [0.3, 0.4) is 0 Å². The molecule has 0 aliphatic carbocycles. The number of nitrogens with zero attached hydrogens (tertiary/aromatic N) is 3. The van der Waals surface area contributed by atoms with Crippen LogP contribution in [0.5, 0.6) is 0 Å². The van der Waals surface area contributed by atoms with E-state index in [9.17, 15) is 0 Å². The normalized spacial score (nSPS) is 11.9. The average molecular weight is 264 g/mol. The third-order valence-corrected chi connectivity index (χ3v) is 2.86. The summed E-state index contributed by atoms with van der Waals surface area (Å²) in [6.07, 6.45) is 4.95. The van der Waals surface area contributed by atoms with E-state index in [0.717, 1.165) is 31.0 Å². The Morgan fingerprint density at radius 2 is 1.79 bits per heavy atom. The number of hydrogen-bond acceptors (Lipinski definition) is 4. The summed E-state index contributed by atoms with van der Waals surface area (Å²) in [5, 5.41) is 3.44. The molecule has 0 atom stereocenters. The average Bonchev–Trinajstić information content (AvgIpc) is 2.33. The first kappa shape index (κ1) is 15.9. The predicted octanol–water partition coefficient (Wildman–Crippen LogP) is 2.99. The first-order chi connectivity index (χ1) is 8.83. The van der Waals surface area contributed by atoms with Gasteiger partial charge in [0.05, 0.1) is 0 Å². The van der Waals surface area contributed by atoms with Crippen molar-refractivity contribution >= 4 is 5.95 Å². The van der Waals surface area contributed by atoms with Gasteiger partial charge in [-0.2, -0.15) is 0 Å². The molecule has 0 saturated heterocycles. The molecule has 0 saturated carbocycles. The molecule has 108 valence electrons. The fourth-order valence-corrected chi connectivity index (χ4v) is 1.78. The van der Waals surface area contributed by atoms with Gasteiger partial charge in [-0.05, 0) is 41.0 Å². The number of hydrogen-bond donors (Lipinski definition) is 1. The maximum atomic E-state index is 4.49. The minimum atomic E-state index is 0.116. The molecule has 0 radical (unpaired) electrons. The van der Waals surface area contributed by atoms with Gasteiger partial charge < -0.3 is 10.2 Å². The molecule has 0 aliphatic rings. The molecule has 1 rings (SSSR count). The Kier molecular flexibility index (Phi) is 5.73. The molecular formula is C15H28N4. The zero-order valence-corrected chi connectivity index (χ0v) is 13.2. The highest BCUT2D eigenvalue weighted by Crippen LogP contribution is 2.12. The number of nitrogens with one attached hydrogen (secondary N) is 1. The lowest BCUT2D eigenvalue weighted by Gasteiger charge is -2.26. The summed E-state index contributed by atoms with van der Waals surface area (Å²) >= 11 is 0. The van der Waals surface area contributed by atoms with Crippen LogP contribution in [0.1, 0.15) is 53.5 Å². The van der Waals surface area contributed by atoms with E-state index in [4.69, 9.17) is 0 Å². The minimum absolute atomic E-state index is 0.116. The van der Waals surface area contributed by atoms with Crippen LogP contribution in [0.2, 0.25) is 0 Å². The van der Waals surface area contributed by atoms with Crippen molar-refractivity contribution in [2.24, 2.45) is 0 Å². The third kappa shape index (κ3) is 5.55. The van der Waals surface area contributed by atoms with Crippen LogP contribution in [-0.4, -0.2) is 28.1 Å². The lowest BCUT2D eigenvalue weighted by Crippen LogP contribution is -2.35. The predicted molar refractivity (Wildman–Crippen MR) is 81.4 cm³/mol. The second-order valence-electron chi connectivity index (χ2n) is 6.28. The molecule has 0 aliphatic heterocycles. The Balaban J connectivity index is 2.69. The van der Waals surface area contributed by atoms with Crippen LogP contribution in [0.25, 0.3) is 0 Å². The maximum absolute atomic E-state index is 4.49. The molecule has 0 fully saturated rings. The molecule has 1 aromatic rings. The SMILES string of the molecule is CCCN(c1ncc(CNC(C)(C)C)cn1)C(C)C. The van der Waals surface area contributed by atoms with E-state index in [1.165, 1.54) is 0 Å². The van der Waals surface area contributed by atoms with Crippen molar-refractivity contribution in [3.8, 4) is 0 Å². The van der Waals surface area contributed by atoms with Gasteiger partial charge in [-0.3, -0.25) is 0 Å². The van der Waals surface area contributed by atoms with Gasteiger partial charge in [-0.1, -0.05) is 6.92 Å². The highest BCUT2D eigenvalue weighted by atomic mass is 15.3. The van der Waals surface area contributed by atoms with Gasteiger partial charge in [-0.25, -0.2) is 9.97 Å². The smallest absolute Gasteiger partial charge is 0.225 e. The zero-order chi connectivity index (χ0) is 14.5. The van der Waals surface area contributed by atoms with Crippen molar-refractivity contribution in [1.29, 1.82) is 0 Å². The van der Waals surface area contributed by atoms with Gasteiger partial charge in [-0.15, -0.1) is 0 Å². The number of rotatable bonds is 6. The van der Waals surface area contributed by atoms with E-state index >= 15 is 0 Å². The third-order valence-electron chi connectivity index (χ3n) is 2.86. The summed E-state index contributed by atoms with van der Waals surface area (Å²) in [5.74, 6) is 0.830. The van der Waals surface area contributed by atoms with Crippen LogP contribution in [0.4, 0.5) is 5.95 Å². The van der Waals surface area contributed by atoms with Crippen molar-refractivity contribution in [1.82, 2.24) is 15.3 Å². The maximum Gasteiger partial charge on any atom is 0.225 e. The molecule has 4 nitrogen and oxygen atoms in total. The summed E-state index contributed by atoms with van der Waals surface area (Å²) in [6, 6.07) is 0.429. The highest BCUT2D eigenvalue weighted by Gasteiger charge is 2.13. The van der Waals surface area contributed by atoms with Gasteiger partial charge in [0.2, 0.25) is 5.95 Å². The topological polar surface area (TPSA) is 41.1 Å². The van der Waals surface area contributed by atoms with E-state index in [2.05, 4.69) is 61.7 Å². The van der Waals surface area contributed by atoms with Gasteiger partial charge in [0, 0.05) is 42.6 Å². The molecule has 1 aromatic heterocycles. The van der Waals surface area contributed by atoms with Crippen molar-refractivity contribution in [2.75, 3.05) is 11.4 Å². The monoisotopic (exact) mass is 264 g/mol. The minimum Gasteiger partial charge on any atom is -0.338 e. The lowest BCUT2D eigenvalue weighted by molar-refractivity contribution is 0.423. The molecular weight excluding hydrogens is 236 g/mol.